The number of fused-ring (bicyclic) bond motifs is 1. The molecule has 1 unspecified atom stereocenters. The highest BCUT2D eigenvalue weighted by atomic mass is 32.1. The van der Waals surface area contributed by atoms with E-state index in [0.29, 0.717) is 23.0 Å². The second-order valence-corrected chi connectivity index (χ2v) is 6.58. The molecule has 1 aromatic carbocycles. The van der Waals surface area contributed by atoms with Crippen LogP contribution < -0.4 is 14.8 Å². The van der Waals surface area contributed by atoms with Gasteiger partial charge >= 0.3 is 5.97 Å². The summed E-state index contributed by atoms with van der Waals surface area (Å²) in [6.45, 7) is 2.22. The lowest BCUT2D eigenvalue weighted by atomic mass is 10.2. The summed E-state index contributed by atoms with van der Waals surface area (Å²) in [4.78, 5) is 25.1. The number of thiophene rings is 1. The molecular formula is C17H17NO5S. The molecule has 7 heteroatoms. The summed E-state index contributed by atoms with van der Waals surface area (Å²) in [5, 5.41) is 2.68. The number of carbonyl (C=O) groups excluding carboxylic acids is 2. The third kappa shape index (κ3) is 4.05. The Hall–Kier alpha value is -2.54. The van der Waals surface area contributed by atoms with E-state index in [1.165, 1.54) is 11.3 Å². The first-order valence-corrected chi connectivity index (χ1v) is 8.32. The molecule has 1 atom stereocenters. The van der Waals surface area contributed by atoms with Crippen molar-refractivity contribution in [2.45, 2.75) is 13.0 Å². The Labute approximate surface area is 143 Å². The number of hydrogen-bond acceptors (Lipinski definition) is 6. The van der Waals surface area contributed by atoms with Crippen molar-refractivity contribution in [2.75, 3.05) is 19.8 Å². The van der Waals surface area contributed by atoms with Gasteiger partial charge in [-0.05, 0) is 31.2 Å². The number of amides is 1. The van der Waals surface area contributed by atoms with Crippen molar-refractivity contribution < 1.29 is 23.8 Å². The summed E-state index contributed by atoms with van der Waals surface area (Å²) in [6, 6.07) is 10.9. The fourth-order valence-electron chi connectivity index (χ4n) is 2.19. The van der Waals surface area contributed by atoms with Gasteiger partial charge in [-0.1, -0.05) is 12.1 Å². The molecule has 0 saturated carbocycles. The SMILES string of the molecule is Cc1ccc(C(=O)OCC(=O)NCC2COc3ccccc3O2)s1. The molecule has 6 nitrogen and oxygen atoms in total. The van der Waals surface area contributed by atoms with Crippen molar-refractivity contribution in [3.05, 3.63) is 46.2 Å². The van der Waals surface area contributed by atoms with Crippen LogP contribution >= 0.6 is 11.3 Å². The number of nitrogens with one attached hydrogen (secondary N) is 1. The quantitative estimate of drug-likeness (QED) is 0.839. The molecule has 2 heterocycles. The van der Waals surface area contributed by atoms with Gasteiger partial charge in [0.05, 0.1) is 6.54 Å². The lowest BCUT2D eigenvalue weighted by Gasteiger charge is -2.26. The van der Waals surface area contributed by atoms with Gasteiger partial charge in [-0.15, -0.1) is 11.3 Å². The predicted molar refractivity (Wildman–Crippen MR) is 88.7 cm³/mol. The number of para-hydroxylation sites is 2. The van der Waals surface area contributed by atoms with Gasteiger partial charge in [0.2, 0.25) is 0 Å². The Bertz CT molecular complexity index is 742. The van der Waals surface area contributed by atoms with Gasteiger partial charge in [0.25, 0.3) is 5.91 Å². The summed E-state index contributed by atoms with van der Waals surface area (Å²) in [5.41, 5.74) is 0. The van der Waals surface area contributed by atoms with Gasteiger partial charge in [0.15, 0.2) is 18.1 Å². The van der Waals surface area contributed by atoms with E-state index in [1.807, 2.05) is 37.3 Å². The van der Waals surface area contributed by atoms with E-state index in [2.05, 4.69) is 5.32 Å². The van der Waals surface area contributed by atoms with Gasteiger partial charge in [-0.3, -0.25) is 4.79 Å². The van der Waals surface area contributed by atoms with Crippen molar-refractivity contribution in [2.24, 2.45) is 0 Å². The monoisotopic (exact) mass is 347 g/mol. The number of aryl methyl sites for hydroxylation is 1. The average molecular weight is 347 g/mol. The van der Waals surface area contributed by atoms with Gasteiger partial charge in [0.1, 0.15) is 17.6 Å². The lowest BCUT2D eigenvalue weighted by molar-refractivity contribution is -0.124. The van der Waals surface area contributed by atoms with E-state index >= 15 is 0 Å². The maximum atomic E-state index is 11.8. The number of rotatable bonds is 5. The van der Waals surface area contributed by atoms with Crippen LogP contribution in [-0.4, -0.2) is 37.7 Å². The molecule has 0 bridgehead atoms. The highest BCUT2D eigenvalue weighted by Gasteiger charge is 2.21. The average Bonchev–Trinajstić information content (AvgIpc) is 3.04. The summed E-state index contributed by atoms with van der Waals surface area (Å²) in [5.74, 6) is 0.483. The van der Waals surface area contributed by atoms with Crippen LogP contribution in [0.25, 0.3) is 0 Å². The topological polar surface area (TPSA) is 73.9 Å². The van der Waals surface area contributed by atoms with Crippen LogP contribution in [0.1, 0.15) is 14.5 Å². The lowest BCUT2D eigenvalue weighted by Crippen LogP contribution is -2.42. The Balaban J connectivity index is 1.41. The zero-order valence-electron chi connectivity index (χ0n) is 13.1. The van der Waals surface area contributed by atoms with Gasteiger partial charge in [-0.2, -0.15) is 0 Å². The molecule has 1 aromatic heterocycles. The molecule has 0 radical (unpaired) electrons. The van der Waals surface area contributed by atoms with E-state index in [1.54, 1.807) is 6.07 Å². The molecule has 1 amide bonds. The van der Waals surface area contributed by atoms with Crippen LogP contribution in [0.5, 0.6) is 11.5 Å². The Kier molecular flexibility index (Phi) is 5.00. The minimum absolute atomic E-state index is 0.278. The van der Waals surface area contributed by atoms with E-state index < -0.39 is 5.97 Å². The maximum Gasteiger partial charge on any atom is 0.348 e. The summed E-state index contributed by atoms with van der Waals surface area (Å²) < 4.78 is 16.3. The largest absolute Gasteiger partial charge is 0.486 e. The highest BCUT2D eigenvalue weighted by Crippen LogP contribution is 2.30. The number of esters is 1. The molecule has 0 aliphatic carbocycles. The Morgan fingerprint density at radius 1 is 1.25 bits per heavy atom. The Morgan fingerprint density at radius 3 is 2.79 bits per heavy atom. The van der Waals surface area contributed by atoms with E-state index in [-0.39, 0.29) is 25.2 Å². The second kappa shape index (κ2) is 7.35. The normalized spacial score (nSPS) is 15.6. The third-order valence-corrected chi connectivity index (χ3v) is 4.35. The molecule has 1 aliphatic rings. The third-order valence-electron chi connectivity index (χ3n) is 3.37. The van der Waals surface area contributed by atoms with Crippen molar-refractivity contribution in [1.29, 1.82) is 0 Å². The molecule has 0 spiro atoms. The number of carbonyl (C=O) groups is 2. The van der Waals surface area contributed by atoms with Gasteiger partial charge < -0.3 is 19.5 Å². The summed E-state index contributed by atoms with van der Waals surface area (Å²) >= 11 is 1.33. The first kappa shape index (κ1) is 16.3. The smallest absolute Gasteiger partial charge is 0.348 e. The van der Waals surface area contributed by atoms with Crippen molar-refractivity contribution >= 4 is 23.2 Å². The molecule has 1 aliphatic heterocycles. The van der Waals surface area contributed by atoms with Crippen LogP contribution in [0.2, 0.25) is 0 Å². The minimum Gasteiger partial charge on any atom is -0.486 e. The maximum absolute atomic E-state index is 11.8. The Morgan fingerprint density at radius 2 is 2.04 bits per heavy atom. The second-order valence-electron chi connectivity index (χ2n) is 5.29. The van der Waals surface area contributed by atoms with E-state index in [0.717, 1.165) is 4.88 Å². The molecule has 24 heavy (non-hydrogen) atoms. The van der Waals surface area contributed by atoms with Crippen LogP contribution in [0, 0.1) is 6.92 Å². The highest BCUT2D eigenvalue weighted by molar-refractivity contribution is 7.13. The van der Waals surface area contributed by atoms with Crippen LogP contribution in [0.15, 0.2) is 36.4 Å². The van der Waals surface area contributed by atoms with Crippen LogP contribution in [0.4, 0.5) is 0 Å². The fourth-order valence-corrected chi connectivity index (χ4v) is 2.95. The van der Waals surface area contributed by atoms with E-state index in [4.69, 9.17) is 14.2 Å². The first-order chi connectivity index (χ1) is 11.6. The minimum atomic E-state index is -0.491. The molecule has 2 aromatic rings. The van der Waals surface area contributed by atoms with Crippen molar-refractivity contribution in [3.63, 3.8) is 0 Å². The van der Waals surface area contributed by atoms with Crippen LogP contribution in [0.3, 0.4) is 0 Å². The number of ether oxygens (including phenoxy) is 3. The van der Waals surface area contributed by atoms with Crippen molar-refractivity contribution in [1.82, 2.24) is 5.32 Å². The number of benzene rings is 1. The fraction of sp³-hybridized carbons (Fsp3) is 0.294. The molecule has 0 saturated heterocycles. The van der Waals surface area contributed by atoms with Crippen molar-refractivity contribution in [3.8, 4) is 11.5 Å². The standard InChI is InChI=1S/C17H17NO5S/c1-11-6-7-15(24-11)17(20)22-10-16(19)18-8-12-9-21-13-4-2-3-5-14(13)23-12/h2-7,12H,8-10H2,1H3,(H,18,19). The predicted octanol–water partition coefficient (Wildman–Crippen LogP) is 2.17. The molecule has 1 N–H and O–H groups in total. The zero-order chi connectivity index (χ0) is 16.9. The number of hydrogen-bond donors (Lipinski definition) is 1. The zero-order valence-corrected chi connectivity index (χ0v) is 13.9. The van der Waals surface area contributed by atoms with Crippen LogP contribution in [-0.2, 0) is 9.53 Å². The molecule has 0 fully saturated rings. The molecule has 3 rings (SSSR count). The summed E-state index contributed by atoms with van der Waals surface area (Å²) in [7, 11) is 0. The van der Waals surface area contributed by atoms with Gasteiger partial charge in [-0.25, -0.2) is 4.79 Å². The van der Waals surface area contributed by atoms with Gasteiger partial charge in [0, 0.05) is 4.88 Å². The first-order valence-electron chi connectivity index (χ1n) is 7.50. The molecule has 126 valence electrons. The molecular weight excluding hydrogens is 330 g/mol. The summed E-state index contributed by atoms with van der Waals surface area (Å²) in [6.07, 6.45) is -0.278. The van der Waals surface area contributed by atoms with E-state index in [9.17, 15) is 9.59 Å².